The van der Waals surface area contributed by atoms with Gasteiger partial charge in [0, 0.05) is 12.5 Å². The summed E-state index contributed by atoms with van der Waals surface area (Å²) in [5.41, 5.74) is 1.42. The number of likely N-dealkylation sites (tertiary alicyclic amines) is 1. The van der Waals surface area contributed by atoms with Crippen LogP contribution >= 0.6 is 0 Å². The summed E-state index contributed by atoms with van der Waals surface area (Å²) in [4.78, 5) is 41.4. The molecule has 9 heteroatoms. The number of ether oxygens (including phenoxy) is 3. The second-order valence-electron chi connectivity index (χ2n) is 9.03. The first-order chi connectivity index (χ1) is 17.0. The van der Waals surface area contributed by atoms with Crippen molar-refractivity contribution in [2.45, 2.75) is 44.8 Å². The Hall–Kier alpha value is -3.62. The molecule has 5 rings (SSSR count). The van der Waals surface area contributed by atoms with Gasteiger partial charge in [0.05, 0.1) is 18.6 Å². The average molecular weight is 483 g/mol. The van der Waals surface area contributed by atoms with Gasteiger partial charge in [-0.2, -0.15) is 0 Å². The molecule has 3 atom stereocenters. The van der Waals surface area contributed by atoms with Crippen molar-refractivity contribution in [1.82, 2.24) is 10.2 Å². The largest absolute Gasteiger partial charge is 0.466 e. The van der Waals surface area contributed by atoms with E-state index in [1.807, 2.05) is 0 Å². The van der Waals surface area contributed by atoms with Crippen LogP contribution in [-0.4, -0.2) is 42.1 Å². The number of hydrogen-bond acceptors (Lipinski definition) is 6. The molecular formula is C26H27FN2O6. The van der Waals surface area contributed by atoms with Crippen LogP contribution in [-0.2, 0) is 25.7 Å². The molecule has 2 aromatic rings. The first kappa shape index (κ1) is 23.1. The molecule has 0 spiro atoms. The van der Waals surface area contributed by atoms with E-state index in [4.69, 9.17) is 14.2 Å². The van der Waals surface area contributed by atoms with Crippen LogP contribution in [0.25, 0.3) is 0 Å². The van der Waals surface area contributed by atoms with Crippen molar-refractivity contribution in [1.29, 1.82) is 0 Å². The van der Waals surface area contributed by atoms with Gasteiger partial charge >= 0.3 is 5.97 Å². The lowest BCUT2D eigenvalue weighted by Gasteiger charge is -2.31. The van der Waals surface area contributed by atoms with Crippen molar-refractivity contribution in [3.63, 3.8) is 0 Å². The number of rotatable bonds is 7. The number of carbonyl (C=O) groups excluding carboxylic acids is 3. The predicted molar refractivity (Wildman–Crippen MR) is 122 cm³/mol. The molecule has 184 valence electrons. The van der Waals surface area contributed by atoms with Gasteiger partial charge in [0.2, 0.25) is 18.6 Å². The Labute approximate surface area is 202 Å². The van der Waals surface area contributed by atoms with Gasteiger partial charge in [0.1, 0.15) is 11.9 Å². The highest BCUT2D eigenvalue weighted by atomic mass is 19.1. The third kappa shape index (κ3) is 4.67. The van der Waals surface area contributed by atoms with Crippen LogP contribution < -0.4 is 14.8 Å². The summed E-state index contributed by atoms with van der Waals surface area (Å²) in [5, 5.41) is 2.86. The van der Waals surface area contributed by atoms with Gasteiger partial charge in [-0.15, -0.1) is 0 Å². The van der Waals surface area contributed by atoms with Gasteiger partial charge in [0.25, 0.3) is 0 Å². The lowest BCUT2D eigenvalue weighted by molar-refractivity contribution is -0.150. The van der Waals surface area contributed by atoms with Gasteiger partial charge in [-0.05, 0) is 61.6 Å². The van der Waals surface area contributed by atoms with E-state index in [0.29, 0.717) is 17.1 Å². The van der Waals surface area contributed by atoms with Crippen molar-refractivity contribution >= 4 is 17.8 Å². The van der Waals surface area contributed by atoms with Crippen molar-refractivity contribution in [2.24, 2.45) is 11.8 Å². The summed E-state index contributed by atoms with van der Waals surface area (Å²) < 4.78 is 29.5. The quantitative estimate of drug-likeness (QED) is 0.610. The van der Waals surface area contributed by atoms with Crippen LogP contribution in [0.2, 0.25) is 0 Å². The molecule has 1 saturated carbocycles. The second kappa shape index (κ2) is 9.56. The van der Waals surface area contributed by atoms with Crippen LogP contribution in [0.1, 0.15) is 43.4 Å². The number of nitrogens with one attached hydrogen (secondary N) is 1. The Bertz CT molecular complexity index is 1130. The minimum atomic E-state index is -0.839. The zero-order valence-corrected chi connectivity index (χ0v) is 19.4. The SMILES string of the molecule is CCOC(=O)C1CC(C(=O)NCc2ccc(F)cc2)N(C(=O)C2CC2)C1c1ccc2c(c1)OCO2. The molecule has 1 N–H and O–H groups in total. The van der Waals surface area contributed by atoms with Gasteiger partial charge in [-0.1, -0.05) is 18.2 Å². The average Bonchev–Trinajstić information content (AvgIpc) is 3.47. The molecule has 0 bridgehead atoms. The molecule has 0 aromatic heterocycles. The van der Waals surface area contributed by atoms with E-state index < -0.39 is 24.0 Å². The molecule has 2 amide bonds. The monoisotopic (exact) mass is 482 g/mol. The molecule has 1 saturated heterocycles. The van der Waals surface area contributed by atoms with E-state index in [9.17, 15) is 18.8 Å². The summed E-state index contributed by atoms with van der Waals surface area (Å²) in [7, 11) is 0. The van der Waals surface area contributed by atoms with Crippen molar-refractivity contribution < 1.29 is 33.0 Å². The van der Waals surface area contributed by atoms with E-state index in [2.05, 4.69) is 5.32 Å². The van der Waals surface area contributed by atoms with E-state index in [1.165, 1.54) is 12.1 Å². The fourth-order valence-corrected chi connectivity index (χ4v) is 4.81. The summed E-state index contributed by atoms with van der Waals surface area (Å²) in [6.07, 6.45) is 1.67. The maximum atomic E-state index is 13.5. The van der Waals surface area contributed by atoms with Crippen molar-refractivity contribution in [2.75, 3.05) is 13.4 Å². The Morgan fingerprint density at radius 3 is 2.54 bits per heavy atom. The maximum Gasteiger partial charge on any atom is 0.311 e. The van der Waals surface area contributed by atoms with Gasteiger partial charge < -0.3 is 24.4 Å². The minimum absolute atomic E-state index is 0.101. The smallest absolute Gasteiger partial charge is 0.311 e. The zero-order valence-electron chi connectivity index (χ0n) is 19.4. The number of esters is 1. The molecule has 2 heterocycles. The fourth-order valence-electron chi connectivity index (χ4n) is 4.81. The molecular weight excluding hydrogens is 455 g/mol. The summed E-state index contributed by atoms with van der Waals surface area (Å²) >= 11 is 0. The third-order valence-corrected chi connectivity index (χ3v) is 6.69. The number of benzene rings is 2. The van der Waals surface area contributed by atoms with Crippen molar-refractivity contribution in [3.05, 3.63) is 59.4 Å². The Morgan fingerprint density at radius 1 is 1.09 bits per heavy atom. The number of fused-ring (bicyclic) bond motifs is 1. The van der Waals surface area contributed by atoms with E-state index >= 15 is 0 Å². The van der Waals surface area contributed by atoms with Crippen LogP contribution in [0.15, 0.2) is 42.5 Å². The van der Waals surface area contributed by atoms with E-state index in [-0.39, 0.29) is 49.9 Å². The second-order valence-corrected chi connectivity index (χ2v) is 9.03. The first-order valence-electron chi connectivity index (χ1n) is 11.9. The molecule has 2 aromatic carbocycles. The fraction of sp³-hybridized carbons (Fsp3) is 0.423. The standard InChI is InChI=1S/C26H27FN2O6/c1-2-33-26(32)19-12-20(24(30)28-13-15-3-8-18(27)9-4-15)29(25(31)16-5-6-16)23(19)17-7-10-21-22(11-17)35-14-34-21/h3-4,7-11,16,19-20,23H,2,5-6,12-14H2,1H3,(H,28,30). The number of halogens is 1. The first-order valence-corrected chi connectivity index (χ1v) is 11.9. The molecule has 2 fully saturated rings. The number of amides is 2. The Kier molecular flexibility index (Phi) is 6.32. The Morgan fingerprint density at radius 2 is 1.83 bits per heavy atom. The third-order valence-electron chi connectivity index (χ3n) is 6.69. The van der Waals surface area contributed by atoms with Crippen molar-refractivity contribution in [3.8, 4) is 11.5 Å². The lowest BCUT2D eigenvalue weighted by Crippen LogP contribution is -2.47. The molecule has 3 aliphatic rings. The summed E-state index contributed by atoms with van der Waals surface area (Å²) in [6, 6.07) is 9.65. The molecule has 8 nitrogen and oxygen atoms in total. The van der Waals surface area contributed by atoms with Crippen LogP contribution in [0.5, 0.6) is 11.5 Å². The highest BCUT2D eigenvalue weighted by Gasteiger charge is 2.53. The predicted octanol–water partition coefficient (Wildman–Crippen LogP) is 3.10. The minimum Gasteiger partial charge on any atom is -0.466 e. The van der Waals surface area contributed by atoms with Crippen LogP contribution in [0, 0.1) is 17.7 Å². The number of hydrogen-bond donors (Lipinski definition) is 1. The highest BCUT2D eigenvalue weighted by Crippen LogP contribution is 2.47. The molecule has 2 aliphatic heterocycles. The van der Waals surface area contributed by atoms with E-state index in [1.54, 1.807) is 42.2 Å². The number of nitrogens with zero attached hydrogens (tertiary/aromatic N) is 1. The topological polar surface area (TPSA) is 94.2 Å². The Balaban J connectivity index is 1.46. The zero-order chi connectivity index (χ0) is 24.5. The molecule has 1 aliphatic carbocycles. The molecule has 0 radical (unpaired) electrons. The van der Waals surface area contributed by atoms with Gasteiger partial charge in [-0.3, -0.25) is 14.4 Å². The van der Waals surface area contributed by atoms with Crippen LogP contribution in [0.3, 0.4) is 0 Å². The number of carbonyl (C=O) groups is 3. The van der Waals surface area contributed by atoms with Gasteiger partial charge in [-0.25, -0.2) is 4.39 Å². The van der Waals surface area contributed by atoms with Gasteiger partial charge in [0.15, 0.2) is 11.5 Å². The van der Waals surface area contributed by atoms with E-state index in [0.717, 1.165) is 18.4 Å². The van der Waals surface area contributed by atoms with Crippen LogP contribution in [0.4, 0.5) is 4.39 Å². The highest BCUT2D eigenvalue weighted by molar-refractivity contribution is 5.92. The lowest BCUT2D eigenvalue weighted by atomic mass is 9.92. The summed E-state index contributed by atoms with van der Waals surface area (Å²) in [6.45, 7) is 2.20. The molecule has 3 unspecified atom stereocenters. The maximum absolute atomic E-state index is 13.5. The molecule has 35 heavy (non-hydrogen) atoms. The summed E-state index contributed by atoms with van der Waals surface area (Å²) in [5.74, 6) is -1.04. The normalized spacial score (nSPS) is 22.7.